The summed E-state index contributed by atoms with van der Waals surface area (Å²) in [6, 6.07) is -0.342. The van der Waals surface area contributed by atoms with Crippen molar-refractivity contribution in [2.45, 2.75) is 31.1 Å². The van der Waals surface area contributed by atoms with Crippen LogP contribution in [0.1, 0.15) is 12.8 Å². The van der Waals surface area contributed by atoms with E-state index in [1.807, 2.05) is 0 Å². The van der Waals surface area contributed by atoms with Crippen LogP contribution in [0.5, 0.6) is 0 Å². The summed E-state index contributed by atoms with van der Waals surface area (Å²) in [4.78, 5) is 11.5. The van der Waals surface area contributed by atoms with Crippen molar-refractivity contribution in [3.63, 3.8) is 0 Å². The topological polar surface area (TPSA) is 67.8 Å². The molecular formula is C9H15NO4. The number of hydrogen-bond donors (Lipinski definition) is 2. The first-order valence-electron chi connectivity index (χ1n) is 4.95. The summed E-state index contributed by atoms with van der Waals surface area (Å²) in [6.07, 6.45) is 0.711. The highest BCUT2D eigenvalue weighted by atomic mass is 16.6. The van der Waals surface area contributed by atoms with Gasteiger partial charge in [-0.25, -0.2) is 0 Å². The zero-order chi connectivity index (χ0) is 9.97. The molecule has 0 radical (unpaired) electrons. The molecule has 80 valence electrons. The fraction of sp³-hybridized carbons (Fsp3) is 0.889. The molecule has 2 fully saturated rings. The Kier molecular flexibility index (Phi) is 3.00. The van der Waals surface area contributed by atoms with Gasteiger partial charge >= 0.3 is 5.97 Å². The second-order valence-corrected chi connectivity index (χ2v) is 3.77. The number of β-amino-alcohol motifs (C(OH)–C–C–N with tert-alkyl or cyclic N) is 1. The van der Waals surface area contributed by atoms with E-state index < -0.39 is 6.10 Å². The number of carbonyl (C=O) groups excluding carboxylic acids is 1. The van der Waals surface area contributed by atoms with E-state index in [1.165, 1.54) is 0 Å². The molecule has 0 aromatic rings. The van der Waals surface area contributed by atoms with Crippen molar-refractivity contribution in [1.29, 1.82) is 0 Å². The minimum Gasteiger partial charge on any atom is -0.459 e. The molecule has 0 aromatic heterocycles. The van der Waals surface area contributed by atoms with Gasteiger partial charge in [-0.15, -0.1) is 0 Å². The van der Waals surface area contributed by atoms with Crippen LogP contribution in [0.4, 0.5) is 0 Å². The Morgan fingerprint density at radius 2 is 2.43 bits per heavy atom. The van der Waals surface area contributed by atoms with E-state index in [9.17, 15) is 9.90 Å². The minimum atomic E-state index is -0.424. The molecule has 2 aliphatic heterocycles. The summed E-state index contributed by atoms with van der Waals surface area (Å²) in [5.74, 6) is -0.267. The van der Waals surface area contributed by atoms with E-state index >= 15 is 0 Å². The zero-order valence-electron chi connectivity index (χ0n) is 7.94. The Bertz CT molecular complexity index is 215. The van der Waals surface area contributed by atoms with Gasteiger partial charge < -0.3 is 19.9 Å². The predicted molar refractivity (Wildman–Crippen MR) is 47.7 cm³/mol. The van der Waals surface area contributed by atoms with Crippen molar-refractivity contribution in [1.82, 2.24) is 5.32 Å². The lowest BCUT2D eigenvalue weighted by Crippen LogP contribution is -2.35. The molecule has 2 rings (SSSR count). The SMILES string of the molecule is O=C(OC1CCOC1)[C@@H]1CC(O)CN1. The maximum Gasteiger partial charge on any atom is 0.323 e. The molecule has 0 aromatic carbocycles. The van der Waals surface area contributed by atoms with Gasteiger partial charge in [-0.1, -0.05) is 0 Å². The van der Waals surface area contributed by atoms with Gasteiger partial charge in [0, 0.05) is 19.4 Å². The summed E-state index contributed by atoms with van der Waals surface area (Å²) in [5, 5.41) is 12.1. The number of rotatable bonds is 2. The largest absolute Gasteiger partial charge is 0.459 e. The van der Waals surface area contributed by atoms with Crippen LogP contribution in [0.25, 0.3) is 0 Å². The lowest BCUT2D eigenvalue weighted by molar-refractivity contribution is -0.151. The van der Waals surface area contributed by atoms with Gasteiger partial charge in [0.2, 0.25) is 0 Å². The van der Waals surface area contributed by atoms with E-state index in [0.717, 1.165) is 6.42 Å². The molecule has 2 saturated heterocycles. The molecule has 2 heterocycles. The summed E-state index contributed by atoms with van der Waals surface area (Å²) in [7, 11) is 0. The van der Waals surface area contributed by atoms with Gasteiger partial charge in [0.15, 0.2) is 0 Å². The van der Waals surface area contributed by atoms with Gasteiger partial charge in [-0.3, -0.25) is 4.79 Å². The molecular weight excluding hydrogens is 186 g/mol. The average molecular weight is 201 g/mol. The highest BCUT2D eigenvalue weighted by Gasteiger charge is 2.31. The predicted octanol–water partition coefficient (Wildman–Crippen LogP) is -0.959. The second-order valence-electron chi connectivity index (χ2n) is 3.77. The van der Waals surface area contributed by atoms with Crippen molar-refractivity contribution in [3.05, 3.63) is 0 Å². The molecule has 0 aliphatic carbocycles. The molecule has 14 heavy (non-hydrogen) atoms. The lowest BCUT2D eigenvalue weighted by Gasteiger charge is -2.13. The first-order valence-corrected chi connectivity index (χ1v) is 4.95. The smallest absolute Gasteiger partial charge is 0.323 e. The third-order valence-corrected chi connectivity index (χ3v) is 2.56. The molecule has 2 aliphatic rings. The quantitative estimate of drug-likeness (QED) is 0.563. The minimum absolute atomic E-state index is 0.0953. The third kappa shape index (κ3) is 2.23. The van der Waals surface area contributed by atoms with Crippen LogP contribution in [0.2, 0.25) is 0 Å². The van der Waals surface area contributed by atoms with E-state index in [2.05, 4.69) is 5.32 Å². The van der Waals surface area contributed by atoms with Gasteiger partial charge in [-0.2, -0.15) is 0 Å². The Hall–Kier alpha value is -0.650. The molecule has 2 N–H and O–H groups in total. The van der Waals surface area contributed by atoms with Crippen molar-refractivity contribution in [2.75, 3.05) is 19.8 Å². The van der Waals surface area contributed by atoms with Crippen molar-refractivity contribution in [3.8, 4) is 0 Å². The number of ether oxygens (including phenoxy) is 2. The monoisotopic (exact) mass is 201 g/mol. The maximum absolute atomic E-state index is 11.5. The summed E-state index contributed by atoms with van der Waals surface area (Å²) in [5.41, 5.74) is 0. The van der Waals surface area contributed by atoms with Crippen molar-refractivity contribution >= 4 is 5.97 Å². The molecule has 0 amide bonds. The fourth-order valence-electron chi connectivity index (χ4n) is 1.75. The molecule has 2 unspecified atom stereocenters. The standard InChI is InChI=1S/C9H15NO4/c11-6-3-8(10-4-6)9(12)14-7-1-2-13-5-7/h6-8,10-11H,1-5H2/t6?,7?,8-/m0/s1. The van der Waals surface area contributed by atoms with Gasteiger partial charge in [0.25, 0.3) is 0 Å². The van der Waals surface area contributed by atoms with Crippen LogP contribution < -0.4 is 5.32 Å². The molecule has 0 saturated carbocycles. The van der Waals surface area contributed by atoms with Crippen LogP contribution in [0.3, 0.4) is 0 Å². The zero-order valence-corrected chi connectivity index (χ0v) is 7.94. The van der Waals surface area contributed by atoms with E-state index in [-0.39, 0.29) is 18.1 Å². The summed E-state index contributed by atoms with van der Waals surface area (Å²) >= 11 is 0. The van der Waals surface area contributed by atoms with E-state index in [4.69, 9.17) is 9.47 Å². The van der Waals surface area contributed by atoms with Gasteiger partial charge in [-0.05, 0) is 0 Å². The van der Waals surface area contributed by atoms with Crippen LogP contribution in [0, 0.1) is 0 Å². The van der Waals surface area contributed by atoms with E-state index in [1.54, 1.807) is 0 Å². The number of aliphatic hydroxyl groups is 1. The average Bonchev–Trinajstić information content (AvgIpc) is 2.75. The lowest BCUT2D eigenvalue weighted by atomic mass is 10.2. The Morgan fingerprint density at radius 1 is 1.57 bits per heavy atom. The highest BCUT2D eigenvalue weighted by Crippen LogP contribution is 2.13. The van der Waals surface area contributed by atoms with E-state index in [0.29, 0.717) is 26.2 Å². The normalized spacial score (nSPS) is 37.4. The first kappa shape index (κ1) is 9.89. The number of hydrogen-bond acceptors (Lipinski definition) is 5. The molecule has 5 nitrogen and oxygen atoms in total. The number of aliphatic hydroxyl groups excluding tert-OH is 1. The summed E-state index contributed by atoms with van der Waals surface area (Å²) < 4.78 is 10.3. The Balaban J connectivity index is 1.77. The van der Waals surface area contributed by atoms with Gasteiger partial charge in [0.1, 0.15) is 12.1 Å². The Labute approximate surface area is 82.4 Å². The van der Waals surface area contributed by atoms with Crippen LogP contribution in [0.15, 0.2) is 0 Å². The van der Waals surface area contributed by atoms with Crippen LogP contribution in [-0.2, 0) is 14.3 Å². The fourth-order valence-corrected chi connectivity index (χ4v) is 1.75. The molecule has 0 spiro atoms. The third-order valence-electron chi connectivity index (χ3n) is 2.56. The first-order chi connectivity index (χ1) is 6.75. The highest BCUT2D eigenvalue weighted by molar-refractivity contribution is 5.76. The van der Waals surface area contributed by atoms with Crippen molar-refractivity contribution in [2.24, 2.45) is 0 Å². The number of carbonyl (C=O) groups is 1. The molecule has 0 bridgehead atoms. The van der Waals surface area contributed by atoms with Crippen molar-refractivity contribution < 1.29 is 19.4 Å². The summed E-state index contributed by atoms with van der Waals surface area (Å²) in [6.45, 7) is 1.64. The van der Waals surface area contributed by atoms with Crippen LogP contribution in [-0.4, -0.2) is 49.1 Å². The molecule has 5 heteroatoms. The number of esters is 1. The second kappa shape index (κ2) is 4.25. The number of nitrogens with one attached hydrogen (secondary N) is 1. The molecule has 3 atom stereocenters. The van der Waals surface area contributed by atoms with Crippen LogP contribution >= 0.6 is 0 Å². The maximum atomic E-state index is 11.5. The van der Waals surface area contributed by atoms with Gasteiger partial charge in [0.05, 0.1) is 19.3 Å². The Morgan fingerprint density at radius 3 is 3.00 bits per heavy atom.